The molecule has 2 saturated heterocycles. The Hall–Kier alpha value is -4.24. The van der Waals surface area contributed by atoms with E-state index < -0.39 is 6.10 Å². The summed E-state index contributed by atoms with van der Waals surface area (Å²) >= 11 is 13.0. The van der Waals surface area contributed by atoms with Crippen molar-refractivity contribution in [2.24, 2.45) is 0 Å². The third kappa shape index (κ3) is 6.06. The zero-order chi connectivity index (χ0) is 30.9. The van der Waals surface area contributed by atoms with Crippen LogP contribution in [-0.4, -0.2) is 68.4 Å². The maximum atomic E-state index is 11.0. The SMILES string of the molecule is N#Cc1cnc2c(Cl)cc(NC(c3ccccc3)c3cn([C@@H]4CCN(C5COC5)C[C@H]4O)nn3)cc2c1Nc1cccc(Cl)c1. The number of nitrogens with one attached hydrogen (secondary N) is 2. The Labute approximate surface area is 270 Å². The average molecular weight is 642 g/mol. The van der Waals surface area contributed by atoms with Gasteiger partial charge in [-0.2, -0.15) is 5.26 Å². The van der Waals surface area contributed by atoms with Crippen molar-refractivity contribution in [3.63, 3.8) is 0 Å². The van der Waals surface area contributed by atoms with Crippen molar-refractivity contribution >= 4 is 51.2 Å². The summed E-state index contributed by atoms with van der Waals surface area (Å²) in [5.74, 6) is 0. The van der Waals surface area contributed by atoms with Crippen molar-refractivity contribution in [1.82, 2.24) is 24.9 Å². The highest BCUT2D eigenvalue weighted by Crippen LogP contribution is 2.37. The van der Waals surface area contributed by atoms with E-state index in [9.17, 15) is 10.4 Å². The summed E-state index contributed by atoms with van der Waals surface area (Å²) < 4.78 is 7.13. The first-order valence-electron chi connectivity index (χ1n) is 14.7. The van der Waals surface area contributed by atoms with Crippen LogP contribution in [0.2, 0.25) is 10.0 Å². The fraction of sp³-hybridized carbons (Fsp3) is 0.273. The first-order chi connectivity index (χ1) is 22.0. The van der Waals surface area contributed by atoms with Gasteiger partial charge in [0.15, 0.2) is 0 Å². The first kappa shape index (κ1) is 29.5. The van der Waals surface area contributed by atoms with E-state index in [1.807, 2.05) is 60.8 Å². The molecule has 10 nitrogen and oxygen atoms in total. The molecule has 0 bridgehead atoms. The van der Waals surface area contributed by atoms with Crippen LogP contribution in [0.15, 0.2) is 79.1 Å². The molecular formula is C33H30Cl2N8O2. The van der Waals surface area contributed by atoms with Crippen LogP contribution in [0.5, 0.6) is 0 Å². The van der Waals surface area contributed by atoms with Crippen LogP contribution in [0.25, 0.3) is 10.9 Å². The molecule has 2 aliphatic rings. The second-order valence-electron chi connectivity index (χ2n) is 11.4. The highest BCUT2D eigenvalue weighted by atomic mass is 35.5. The Morgan fingerprint density at radius 3 is 2.62 bits per heavy atom. The van der Waals surface area contributed by atoms with Gasteiger partial charge in [0.1, 0.15) is 11.8 Å². The summed E-state index contributed by atoms with van der Waals surface area (Å²) in [4.78, 5) is 6.78. The lowest BCUT2D eigenvalue weighted by Crippen LogP contribution is -2.55. The molecule has 0 aliphatic carbocycles. The molecule has 3 aromatic carbocycles. The number of β-amino-alcohol motifs (C(OH)–C–C–N with tert-alkyl or cyclic N) is 1. The van der Waals surface area contributed by atoms with E-state index >= 15 is 0 Å². The Morgan fingerprint density at radius 2 is 1.89 bits per heavy atom. The van der Waals surface area contributed by atoms with Gasteiger partial charge in [0.05, 0.1) is 65.4 Å². The summed E-state index contributed by atoms with van der Waals surface area (Å²) in [7, 11) is 0. The Bertz CT molecular complexity index is 1870. The number of halogens is 2. The third-order valence-electron chi connectivity index (χ3n) is 8.46. The molecule has 5 aromatic rings. The van der Waals surface area contributed by atoms with E-state index in [1.54, 1.807) is 16.8 Å². The summed E-state index contributed by atoms with van der Waals surface area (Å²) in [6, 6.07) is 23.0. The number of anilines is 3. The fourth-order valence-corrected chi connectivity index (χ4v) is 6.47. The first-order valence-corrected chi connectivity index (χ1v) is 15.5. The smallest absolute Gasteiger partial charge is 0.109 e. The molecule has 0 radical (unpaired) electrons. The lowest BCUT2D eigenvalue weighted by Gasteiger charge is -2.43. The van der Waals surface area contributed by atoms with Gasteiger partial charge in [0, 0.05) is 41.1 Å². The number of pyridine rings is 1. The summed E-state index contributed by atoms with van der Waals surface area (Å²) in [6.45, 7) is 2.89. The van der Waals surface area contributed by atoms with Gasteiger partial charge < -0.3 is 20.5 Å². The second kappa shape index (κ2) is 12.6. The van der Waals surface area contributed by atoms with Crippen LogP contribution in [0.3, 0.4) is 0 Å². The van der Waals surface area contributed by atoms with Crippen LogP contribution < -0.4 is 10.6 Å². The molecular weight excluding hydrogens is 611 g/mol. The molecule has 2 fully saturated rings. The molecule has 3 N–H and O–H groups in total. The van der Waals surface area contributed by atoms with Gasteiger partial charge in [-0.25, -0.2) is 4.68 Å². The topological polar surface area (TPSA) is 124 Å². The Kier molecular flexibility index (Phi) is 8.27. The molecule has 7 rings (SSSR count). The quantitative estimate of drug-likeness (QED) is 0.188. The van der Waals surface area contributed by atoms with Crippen LogP contribution in [0.1, 0.15) is 35.3 Å². The number of rotatable bonds is 8. The maximum absolute atomic E-state index is 11.0. The molecule has 2 aromatic heterocycles. The number of hydrogen-bond donors (Lipinski definition) is 3. The fourth-order valence-electron chi connectivity index (χ4n) is 6.02. The molecule has 228 valence electrons. The van der Waals surface area contributed by atoms with Crippen molar-refractivity contribution in [3.8, 4) is 6.07 Å². The van der Waals surface area contributed by atoms with Crippen molar-refractivity contribution in [3.05, 3.63) is 106 Å². The maximum Gasteiger partial charge on any atom is 0.109 e. The number of aliphatic hydroxyl groups excluding tert-OH is 1. The number of ether oxygens (including phenoxy) is 1. The summed E-state index contributed by atoms with van der Waals surface area (Å²) in [5, 5.41) is 38.6. The number of benzene rings is 3. The van der Waals surface area contributed by atoms with Gasteiger partial charge in [-0.15, -0.1) is 5.10 Å². The van der Waals surface area contributed by atoms with Crippen LogP contribution >= 0.6 is 23.2 Å². The minimum absolute atomic E-state index is 0.175. The normalized spacial score (nSPS) is 19.5. The molecule has 0 amide bonds. The molecule has 4 heterocycles. The number of nitrogens with zero attached hydrogens (tertiary/aromatic N) is 6. The van der Waals surface area contributed by atoms with Crippen molar-refractivity contribution in [2.75, 3.05) is 36.9 Å². The van der Waals surface area contributed by atoms with Gasteiger partial charge in [-0.3, -0.25) is 9.88 Å². The summed E-state index contributed by atoms with van der Waals surface area (Å²) in [5.41, 5.74) is 4.61. The minimum Gasteiger partial charge on any atom is -0.390 e. The lowest BCUT2D eigenvalue weighted by molar-refractivity contribution is -0.0947. The highest BCUT2D eigenvalue weighted by Gasteiger charge is 2.36. The zero-order valence-electron chi connectivity index (χ0n) is 24.1. The number of fused-ring (bicyclic) bond motifs is 1. The molecule has 0 spiro atoms. The van der Waals surface area contributed by atoms with E-state index in [2.05, 4.69) is 36.9 Å². The van der Waals surface area contributed by atoms with Gasteiger partial charge in [0.2, 0.25) is 0 Å². The standard InChI is InChI=1S/C33H30Cl2N8O2/c34-22-7-4-8-23(11-22)38-31-21(14-36)15-37-33-26(31)12-24(13-27(33)35)39-32(20-5-2-1-3-6-20)28-16-43(41-40-28)29-9-10-42(17-30(29)44)25-18-45-19-25/h1-8,11-13,15-16,25,29-30,32,39,44H,9-10,17-19H2,(H,37,38)/t29-,30-,32?/m1/s1. The van der Waals surface area contributed by atoms with Crippen LogP contribution in [-0.2, 0) is 4.74 Å². The van der Waals surface area contributed by atoms with Crippen molar-refractivity contribution < 1.29 is 9.84 Å². The molecule has 2 aliphatic heterocycles. The largest absolute Gasteiger partial charge is 0.390 e. The summed E-state index contributed by atoms with van der Waals surface area (Å²) in [6.07, 6.45) is 3.62. The molecule has 1 unspecified atom stereocenters. The van der Waals surface area contributed by atoms with E-state index in [0.717, 1.165) is 37.4 Å². The number of hydrogen-bond acceptors (Lipinski definition) is 9. The number of piperidine rings is 1. The predicted molar refractivity (Wildman–Crippen MR) is 174 cm³/mol. The van der Waals surface area contributed by atoms with Crippen molar-refractivity contribution in [1.29, 1.82) is 5.26 Å². The number of aliphatic hydroxyl groups is 1. The van der Waals surface area contributed by atoms with E-state index in [4.69, 9.17) is 27.9 Å². The van der Waals surface area contributed by atoms with Gasteiger partial charge >= 0.3 is 0 Å². The van der Waals surface area contributed by atoms with E-state index in [1.165, 1.54) is 6.20 Å². The van der Waals surface area contributed by atoms with E-state index in [-0.39, 0.29) is 12.1 Å². The van der Waals surface area contributed by atoms with Crippen LogP contribution in [0.4, 0.5) is 17.1 Å². The highest BCUT2D eigenvalue weighted by molar-refractivity contribution is 6.36. The minimum atomic E-state index is -0.566. The molecule has 0 saturated carbocycles. The van der Waals surface area contributed by atoms with Gasteiger partial charge in [0.25, 0.3) is 0 Å². The third-order valence-corrected chi connectivity index (χ3v) is 8.98. The zero-order valence-corrected chi connectivity index (χ0v) is 25.7. The van der Waals surface area contributed by atoms with Crippen molar-refractivity contribution in [2.45, 2.75) is 30.7 Å². The Morgan fingerprint density at radius 1 is 1.04 bits per heavy atom. The second-order valence-corrected chi connectivity index (χ2v) is 12.2. The van der Waals surface area contributed by atoms with Gasteiger partial charge in [-0.1, -0.05) is 64.8 Å². The van der Waals surface area contributed by atoms with Crippen LogP contribution in [0, 0.1) is 11.3 Å². The molecule has 3 atom stereocenters. The number of nitriles is 1. The monoisotopic (exact) mass is 640 g/mol. The Balaban J connectivity index is 1.22. The number of likely N-dealkylation sites (tertiary alicyclic amines) is 1. The lowest BCUT2D eigenvalue weighted by atomic mass is 9.99. The molecule has 12 heteroatoms. The average Bonchev–Trinajstić information content (AvgIpc) is 3.49. The number of aromatic nitrogens is 4. The van der Waals surface area contributed by atoms with E-state index in [0.29, 0.717) is 56.2 Å². The molecule has 45 heavy (non-hydrogen) atoms. The van der Waals surface area contributed by atoms with Gasteiger partial charge in [-0.05, 0) is 42.3 Å². The predicted octanol–water partition coefficient (Wildman–Crippen LogP) is 5.96.